The van der Waals surface area contributed by atoms with Crippen LogP contribution in [0, 0.1) is 0 Å². The van der Waals surface area contributed by atoms with Crippen molar-refractivity contribution in [1.82, 2.24) is 0 Å². The third-order valence-electron chi connectivity index (χ3n) is 11.2. The van der Waals surface area contributed by atoms with Gasteiger partial charge in [0.1, 0.15) is 13.2 Å². The molecule has 0 rings (SSSR count). The van der Waals surface area contributed by atoms with Crippen LogP contribution in [0.5, 0.6) is 0 Å². The van der Waals surface area contributed by atoms with Crippen LogP contribution in [0.4, 0.5) is 0 Å². The van der Waals surface area contributed by atoms with Crippen LogP contribution in [0.1, 0.15) is 271 Å². The minimum Gasteiger partial charge on any atom is -0.462 e. The topological polar surface area (TPSA) is 78.9 Å². The molecular formula is C52H96O6. The van der Waals surface area contributed by atoms with Gasteiger partial charge in [-0.2, -0.15) is 0 Å². The molecule has 0 amide bonds. The van der Waals surface area contributed by atoms with Crippen LogP contribution in [0.25, 0.3) is 0 Å². The van der Waals surface area contributed by atoms with Crippen LogP contribution < -0.4 is 0 Å². The second-order valence-electron chi connectivity index (χ2n) is 17.1. The largest absolute Gasteiger partial charge is 0.462 e. The lowest BCUT2D eigenvalue weighted by atomic mass is 10.0. The summed E-state index contributed by atoms with van der Waals surface area (Å²) >= 11 is 0. The highest BCUT2D eigenvalue weighted by molar-refractivity contribution is 5.71. The Hall–Kier alpha value is -2.11. The molecule has 0 bridgehead atoms. The highest BCUT2D eigenvalue weighted by Crippen LogP contribution is 2.15. The summed E-state index contributed by atoms with van der Waals surface area (Å²) in [7, 11) is 0. The minimum atomic E-state index is -0.761. The standard InChI is InChI=1S/C52H96O6/c1-4-7-10-13-16-18-19-20-21-22-23-24-25-26-27-28-29-30-31-32-33-35-36-39-42-45-51(54)57-48-49(47-56-50(53)44-41-38-15-12-9-6-3)58-52(55)46-43-40-37-34-17-14-11-8-5-2/h19-20,22-23,49H,4-18,21,24-48H2,1-3H3/b20-19-,23-22-. The number of rotatable bonds is 46. The average molecular weight is 817 g/mol. The molecule has 0 aromatic rings. The third-order valence-corrected chi connectivity index (χ3v) is 11.2. The van der Waals surface area contributed by atoms with Gasteiger partial charge >= 0.3 is 17.9 Å². The van der Waals surface area contributed by atoms with E-state index in [1.165, 1.54) is 167 Å². The van der Waals surface area contributed by atoms with Gasteiger partial charge in [-0.3, -0.25) is 14.4 Å². The molecule has 0 aliphatic rings. The van der Waals surface area contributed by atoms with Crippen LogP contribution in [-0.2, 0) is 28.6 Å². The Kier molecular flexibility index (Phi) is 45.8. The van der Waals surface area contributed by atoms with Crippen LogP contribution in [0.3, 0.4) is 0 Å². The number of ether oxygens (including phenoxy) is 3. The second-order valence-corrected chi connectivity index (χ2v) is 17.1. The van der Waals surface area contributed by atoms with Crippen LogP contribution in [0.2, 0.25) is 0 Å². The van der Waals surface area contributed by atoms with Crippen molar-refractivity contribution in [1.29, 1.82) is 0 Å². The molecule has 0 aromatic carbocycles. The van der Waals surface area contributed by atoms with Crippen molar-refractivity contribution in [2.24, 2.45) is 0 Å². The number of carbonyl (C=O) groups excluding carboxylic acids is 3. The number of hydrogen-bond donors (Lipinski definition) is 0. The first-order valence-electron chi connectivity index (χ1n) is 25.3. The first kappa shape index (κ1) is 55.9. The predicted octanol–water partition coefficient (Wildman–Crippen LogP) is 16.4. The smallest absolute Gasteiger partial charge is 0.306 e. The molecule has 1 unspecified atom stereocenters. The number of hydrogen-bond acceptors (Lipinski definition) is 6. The molecule has 1 atom stereocenters. The zero-order valence-corrected chi connectivity index (χ0v) is 38.8. The van der Waals surface area contributed by atoms with Gasteiger partial charge in [0.05, 0.1) is 0 Å². The predicted molar refractivity (Wildman–Crippen MR) is 247 cm³/mol. The van der Waals surface area contributed by atoms with Gasteiger partial charge in [0, 0.05) is 19.3 Å². The number of carbonyl (C=O) groups is 3. The van der Waals surface area contributed by atoms with E-state index in [-0.39, 0.29) is 31.1 Å². The highest BCUT2D eigenvalue weighted by atomic mass is 16.6. The molecule has 0 radical (unpaired) electrons. The Balaban J connectivity index is 4.01. The van der Waals surface area contributed by atoms with Crippen LogP contribution in [-0.4, -0.2) is 37.2 Å². The number of esters is 3. The molecule has 340 valence electrons. The summed E-state index contributed by atoms with van der Waals surface area (Å²) in [5.41, 5.74) is 0. The molecule has 0 spiro atoms. The summed E-state index contributed by atoms with van der Waals surface area (Å²) < 4.78 is 16.6. The normalized spacial score (nSPS) is 12.1. The molecule has 6 heteroatoms. The van der Waals surface area contributed by atoms with E-state index in [1.54, 1.807) is 0 Å². The maximum absolute atomic E-state index is 12.6. The van der Waals surface area contributed by atoms with Gasteiger partial charge in [-0.15, -0.1) is 0 Å². The average Bonchev–Trinajstić information content (AvgIpc) is 3.22. The van der Waals surface area contributed by atoms with Crippen molar-refractivity contribution < 1.29 is 28.6 Å². The van der Waals surface area contributed by atoms with E-state index in [0.29, 0.717) is 19.3 Å². The molecule has 0 aliphatic heterocycles. The molecular weight excluding hydrogens is 721 g/mol. The first-order valence-corrected chi connectivity index (χ1v) is 25.3. The Morgan fingerprint density at radius 3 is 0.948 bits per heavy atom. The fourth-order valence-corrected chi connectivity index (χ4v) is 7.36. The third kappa shape index (κ3) is 45.0. The summed E-state index contributed by atoms with van der Waals surface area (Å²) in [6.45, 7) is 6.56. The quantitative estimate of drug-likeness (QED) is 0.0263. The summed E-state index contributed by atoms with van der Waals surface area (Å²) in [5, 5.41) is 0. The summed E-state index contributed by atoms with van der Waals surface area (Å²) in [5.74, 6) is -0.873. The molecule has 0 N–H and O–H groups in total. The first-order chi connectivity index (χ1) is 28.5. The van der Waals surface area contributed by atoms with Gasteiger partial charge in [0.25, 0.3) is 0 Å². The van der Waals surface area contributed by atoms with Crippen LogP contribution in [0.15, 0.2) is 24.3 Å². The number of allylic oxidation sites excluding steroid dienone is 4. The van der Waals surface area contributed by atoms with Gasteiger partial charge in [-0.1, -0.05) is 225 Å². The van der Waals surface area contributed by atoms with Gasteiger partial charge < -0.3 is 14.2 Å². The fraction of sp³-hybridized carbons (Fsp3) is 0.865. The lowest BCUT2D eigenvalue weighted by Crippen LogP contribution is -2.30. The van der Waals surface area contributed by atoms with Crippen molar-refractivity contribution >= 4 is 17.9 Å². The van der Waals surface area contributed by atoms with Crippen molar-refractivity contribution in [3.05, 3.63) is 24.3 Å². The molecule has 0 aliphatic carbocycles. The minimum absolute atomic E-state index is 0.0680. The van der Waals surface area contributed by atoms with E-state index in [4.69, 9.17) is 14.2 Å². The van der Waals surface area contributed by atoms with Crippen molar-refractivity contribution in [2.45, 2.75) is 277 Å². The maximum Gasteiger partial charge on any atom is 0.306 e. The fourth-order valence-electron chi connectivity index (χ4n) is 7.36. The molecule has 6 nitrogen and oxygen atoms in total. The molecule has 58 heavy (non-hydrogen) atoms. The van der Waals surface area contributed by atoms with Gasteiger partial charge in [0.2, 0.25) is 0 Å². The van der Waals surface area contributed by atoms with E-state index in [0.717, 1.165) is 64.2 Å². The van der Waals surface area contributed by atoms with E-state index in [1.807, 2.05) is 0 Å². The summed E-state index contributed by atoms with van der Waals surface area (Å²) in [4.78, 5) is 37.5. The van der Waals surface area contributed by atoms with Gasteiger partial charge in [-0.05, 0) is 51.4 Å². The Morgan fingerprint density at radius 1 is 0.345 bits per heavy atom. The lowest BCUT2D eigenvalue weighted by Gasteiger charge is -2.18. The van der Waals surface area contributed by atoms with Crippen molar-refractivity contribution in [2.75, 3.05) is 13.2 Å². The monoisotopic (exact) mass is 817 g/mol. The van der Waals surface area contributed by atoms with Crippen LogP contribution >= 0.6 is 0 Å². The number of unbranched alkanes of at least 4 members (excludes halogenated alkanes) is 31. The zero-order chi connectivity index (χ0) is 42.3. The molecule has 0 heterocycles. The molecule has 0 saturated heterocycles. The van der Waals surface area contributed by atoms with E-state index in [2.05, 4.69) is 45.1 Å². The Labute approximate surface area is 360 Å². The van der Waals surface area contributed by atoms with E-state index in [9.17, 15) is 14.4 Å². The highest BCUT2D eigenvalue weighted by Gasteiger charge is 2.19. The molecule has 0 saturated carbocycles. The van der Waals surface area contributed by atoms with Crippen molar-refractivity contribution in [3.63, 3.8) is 0 Å². The molecule has 0 aromatic heterocycles. The van der Waals surface area contributed by atoms with Crippen molar-refractivity contribution in [3.8, 4) is 0 Å². The van der Waals surface area contributed by atoms with Gasteiger partial charge in [-0.25, -0.2) is 0 Å². The zero-order valence-electron chi connectivity index (χ0n) is 38.8. The Morgan fingerprint density at radius 2 is 0.621 bits per heavy atom. The summed E-state index contributed by atoms with van der Waals surface area (Å²) in [6.07, 6.45) is 53.5. The second kappa shape index (κ2) is 47.6. The maximum atomic E-state index is 12.6. The van der Waals surface area contributed by atoms with E-state index >= 15 is 0 Å². The van der Waals surface area contributed by atoms with Gasteiger partial charge in [0.15, 0.2) is 6.10 Å². The SMILES string of the molecule is CCCCCCC/C=C\C/C=C\CCCCCCCCCCCCCCCC(=O)OCC(COC(=O)CCCCCCCC)OC(=O)CCCCCCCCCCC. The molecule has 0 fully saturated rings. The lowest BCUT2D eigenvalue weighted by molar-refractivity contribution is -0.167. The Bertz CT molecular complexity index is 942. The summed E-state index contributed by atoms with van der Waals surface area (Å²) in [6, 6.07) is 0. The van der Waals surface area contributed by atoms with E-state index < -0.39 is 6.10 Å².